The van der Waals surface area contributed by atoms with E-state index in [4.69, 9.17) is 4.43 Å². The number of hydrogen-bond acceptors (Lipinski definition) is 2. The highest BCUT2D eigenvalue weighted by molar-refractivity contribution is 9.10. The van der Waals surface area contributed by atoms with Crippen molar-refractivity contribution in [2.75, 3.05) is 0 Å². The van der Waals surface area contributed by atoms with E-state index in [2.05, 4.69) is 73.8 Å². The maximum absolute atomic E-state index is 6.50. The lowest BCUT2D eigenvalue weighted by molar-refractivity contribution is 0.491. The fraction of sp³-hybridized carbons (Fsp3) is 0.350. The number of aliphatic imine (C=N–C) groups is 1. The molecule has 0 N–H and O–H groups in total. The summed E-state index contributed by atoms with van der Waals surface area (Å²) >= 11 is 3.55. The van der Waals surface area contributed by atoms with E-state index in [1.54, 1.807) is 0 Å². The van der Waals surface area contributed by atoms with E-state index in [0.29, 0.717) is 0 Å². The van der Waals surface area contributed by atoms with Gasteiger partial charge in [0.25, 0.3) is 8.32 Å². The molecule has 128 valence electrons. The smallest absolute Gasteiger partial charge is 0.250 e. The number of aryl methyl sites for hydroxylation is 1. The van der Waals surface area contributed by atoms with Crippen molar-refractivity contribution in [2.24, 2.45) is 4.99 Å². The Morgan fingerprint density at radius 1 is 1.04 bits per heavy atom. The zero-order valence-electron chi connectivity index (χ0n) is 15.4. The number of hydrogen-bond donors (Lipinski definition) is 0. The van der Waals surface area contributed by atoms with E-state index >= 15 is 0 Å². The van der Waals surface area contributed by atoms with E-state index in [1.165, 1.54) is 5.56 Å². The van der Waals surface area contributed by atoms with E-state index in [9.17, 15) is 0 Å². The first-order valence-electron chi connectivity index (χ1n) is 8.18. The predicted molar refractivity (Wildman–Crippen MR) is 110 cm³/mol. The highest BCUT2D eigenvalue weighted by atomic mass is 79.9. The zero-order valence-corrected chi connectivity index (χ0v) is 17.9. The van der Waals surface area contributed by atoms with Crippen molar-refractivity contribution in [3.63, 3.8) is 0 Å². The van der Waals surface area contributed by atoms with Crippen LogP contribution in [0.15, 0.2) is 51.9 Å². The normalized spacial score (nSPS) is 12.6. The highest BCUT2D eigenvalue weighted by Crippen LogP contribution is 2.38. The van der Waals surface area contributed by atoms with Crippen molar-refractivity contribution in [2.45, 2.75) is 45.8 Å². The molecule has 0 unspecified atom stereocenters. The largest absolute Gasteiger partial charge is 0.543 e. The Kier molecular flexibility index (Phi) is 5.71. The van der Waals surface area contributed by atoms with Crippen molar-refractivity contribution in [1.29, 1.82) is 0 Å². The van der Waals surface area contributed by atoms with Gasteiger partial charge in [0.05, 0.1) is 5.69 Å². The Hall–Kier alpha value is -1.39. The Balaban J connectivity index is 2.32. The minimum absolute atomic E-state index is 0.153. The third-order valence-electron chi connectivity index (χ3n) is 4.53. The highest BCUT2D eigenvalue weighted by Gasteiger charge is 2.39. The summed E-state index contributed by atoms with van der Waals surface area (Å²) < 4.78 is 7.52. The van der Waals surface area contributed by atoms with Gasteiger partial charge in [0.1, 0.15) is 5.75 Å². The molecule has 0 spiro atoms. The molecule has 24 heavy (non-hydrogen) atoms. The number of halogens is 1. The average molecular weight is 404 g/mol. The molecule has 0 aromatic heterocycles. The van der Waals surface area contributed by atoms with Crippen LogP contribution in [0.3, 0.4) is 0 Å². The first-order valence-corrected chi connectivity index (χ1v) is 11.9. The maximum atomic E-state index is 6.50. The standard InChI is InChI=1S/C20H26BrNOSi/c1-15-7-11-18(12-8-15)22-14-16-9-10-17(21)13-19(16)23-24(5,6)20(2,3)4/h7-14H,1-6H3/b22-14+. The van der Waals surface area contributed by atoms with Crippen LogP contribution in [0.1, 0.15) is 31.9 Å². The molecule has 0 bridgehead atoms. The Morgan fingerprint density at radius 3 is 2.25 bits per heavy atom. The van der Waals surface area contributed by atoms with Crippen LogP contribution in [0.2, 0.25) is 18.1 Å². The molecular weight excluding hydrogens is 378 g/mol. The minimum atomic E-state index is -1.90. The van der Waals surface area contributed by atoms with Crippen molar-refractivity contribution in [1.82, 2.24) is 0 Å². The number of nitrogens with zero attached hydrogens (tertiary/aromatic N) is 1. The van der Waals surface area contributed by atoms with Crippen LogP contribution in [-0.4, -0.2) is 14.5 Å². The summed E-state index contributed by atoms with van der Waals surface area (Å²) in [5.41, 5.74) is 3.19. The van der Waals surface area contributed by atoms with Crippen molar-refractivity contribution >= 4 is 36.1 Å². The molecule has 0 heterocycles. The van der Waals surface area contributed by atoms with Crippen molar-refractivity contribution < 1.29 is 4.43 Å². The van der Waals surface area contributed by atoms with Gasteiger partial charge in [-0.1, -0.05) is 54.4 Å². The molecule has 2 aromatic carbocycles. The van der Waals surface area contributed by atoms with Gasteiger partial charge in [-0.15, -0.1) is 0 Å². The van der Waals surface area contributed by atoms with Crippen LogP contribution < -0.4 is 4.43 Å². The van der Waals surface area contributed by atoms with Gasteiger partial charge in [-0.05, 0) is 55.4 Å². The lowest BCUT2D eigenvalue weighted by Crippen LogP contribution is -2.44. The quantitative estimate of drug-likeness (QED) is 0.402. The fourth-order valence-electron chi connectivity index (χ4n) is 1.91. The average Bonchev–Trinajstić information content (AvgIpc) is 2.46. The molecule has 0 atom stereocenters. The Labute approximate surface area is 155 Å². The van der Waals surface area contributed by atoms with Gasteiger partial charge in [0, 0.05) is 16.3 Å². The Bertz CT molecular complexity index is 730. The first-order chi connectivity index (χ1) is 11.1. The van der Waals surface area contributed by atoms with Gasteiger partial charge >= 0.3 is 0 Å². The summed E-state index contributed by atoms with van der Waals surface area (Å²) in [5, 5.41) is 0.153. The van der Waals surface area contributed by atoms with Gasteiger partial charge < -0.3 is 4.43 Å². The molecule has 0 aliphatic rings. The summed E-state index contributed by atoms with van der Waals surface area (Å²) in [6.45, 7) is 13.3. The van der Waals surface area contributed by atoms with Crippen LogP contribution in [0.25, 0.3) is 0 Å². The topological polar surface area (TPSA) is 21.6 Å². The minimum Gasteiger partial charge on any atom is -0.543 e. The SMILES string of the molecule is Cc1ccc(/N=C/c2ccc(Br)cc2O[Si](C)(C)C(C)(C)C)cc1. The molecule has 2 aromatic rings. The van der Waals surface area contributed by atoms with Crippen LogP contribution in [-0.2, 0) is 0 Å². The summed E-state index contributed by atoms with van der Waals surface area (Å²) in [6.07, 6.45) is 1.89. The monoisotopic (exact) mass is 403 g/mol. The van der Waals surface area contributed by atoms with E-state index < -0.39 is 8.32 Å². The third-order valence-corrected chi connectivity index (χ3v) is 9.37. The molecule has 0 fully saturated rings. The van der Waals surface area contributed by atoms with Crippen LogP contribution >= 0.6 is 15.9 Å². The first kappa shape index (κ1) is 18.9. The van der Waals surface area contributed by atoms with Gasteiger partial charge in [-0.3, -0.25) is 4.99 Å². The summed E-state index contributed by atoms with van der Waals surface area (Å²) in [7, 11) is -1.90. The lowest BCUT2D eigenvalue weighted by Gasteiger charge is -2.36. The molecule has 2 rings (SSSR count). The molecular formula is C20H26BrNOSi. The van der Waals surface area contributed by atoms with Crippen molar-refractivity contribution in [3.8, 4) is 5.75 Å². The summed E-state index contributed by atoms with van der Waals surface area (Å²) in [6, 6.07) is 14.3. The lowest BCUT2D eigenvalue weighted by atomic mass is 10.2. The number of rotatable bonds is 4. The van der Waals surface area contributed by atoms with Gasteiger partial charge in [0.2, 0.25) is 0 Å². The Morgan fingerprint density at radius 2 is 1.67 bits per heavy atom. The molecule has 2 nitrogen and oxygen atoms in total. The van der Waals surface area contributed by atoms with E-state index in [0.717, 1.165) is 21.5 Å². The second-order valence-electron chi connectivity index (χ2n) is 7.64. The van der Waals surface area contributed by atoms with Gasteiger partial charge in [0.15, 0.2) is 0 Å². The second kappa shape index (κ2) is 7.24. The third kappa shape index (κ3) is 4.80. The van der Waals surface area contributed by atoms with Crippen LogP contribution in [0.4, 0.5) is 5.69 Å². The van der Waals surface area contributed by atoms with Gasteiger partial charge in [-0.2, -0.15) is 0 Å². The molecule has 4 heteroatoms. The summed E-state index contributed by atoms with van der Waals surface area (Å²) in [5.74, 6) is 0.895. The fourth-order valence-corrected chi connectivity index (χ4v) is 3.28. The zero-order chi connectivity index (χ0) is 18.0. The van der Waals surface area contributed by atoms with Crippen LogP contribution in [0, 0.1) is 6.92 Å². The van der Waals surface area contributed by atoms with Crippen LogP contribution in [0.5, 0.6) is 5.75 Å². The predicted octanol–water partition coefficient (Wildman–Crippen LogP) is 6.89. The molecule has 0 aliphatic carbocycles. The van der Waals surface area contributed by atoms with E-state index in [-0.39, 0.29) is 5.04 Å². The number of benzene rings is 2. The van der Waals surface area contributed by atoms with E-state index in [1.807, 2.05) is 36.5 Å². The molecule has 0 aliphatic heterocycles. The van der Waals surface area contributed by atoms with Gasteiger partial charge in [-0.25, -0.2) is 0 Å². The molecule has 0 saturated heterocycles. The molecule has 0 saturated carbocycles. The second-order valence-corrected chi connectivity index (χ2v) is 13.3. The molecule has 0 amide bonds. The molecule has 0 radical (unpaired) electrons. The van der Waals surface area contributed by atoms with Crippen molar-refractivity contribution in [3.05, 3.63) is 58.1 Å². The maximum Gasteiger partial charge on any atom is 0.250 e. The summed E-state index contributed by atoms with van der Waals surface area (Å²) in [4.78, 5) is 4.60.